The minimum Gasteiger partial charge on any atom is -0.495 e. The van der Waals surface area contributed by atoms with Gasteiger partial charge in [0.1, 0.15) is 5.75 Å². The lowest BCUT2D eigenvalue weighted by molar-refractivity contribution is 0.0793. The number of ether oxygens (including phenoxy) is 1. The molecule has 0 aromatic heterocycles. The topological polar surface area (TPSA) is 58.6 Å². The van der Waals surface area contributed by atoms with Crippen LogP contribution in [-0.4, -0.2) is 37.4 Å². The Morgan fingerprint density at radius 2 is 1.88 bits per heavy atom. The third-order valence-electron chi connectivity index (χ3n) is 3.98. The van der Waals surface area contributed by atoms with Crippen LogP contribution in [0.15, 0.2) is 42.5 Å². The van der Waals surface area contributed by atoms with E-state index in [0.717, 1.165) is 12.8 Å². The number of methoxy groups -OCH3 is 1. The molecule has 0 spiro atoms. The molecule has 6 heteroatoms. The number of hydrogen-bond acceptors (Lipinski definition) is 3. The van der Waals surface area contributed by atoms with Gasteiger partial charge in [-0.1, -0.05) is 31.0 Å². The van der Waals surface area contributed by atoms with Crippen molar-refractivity contribution < 1.29 is 14.3 Å². The number of rotatable bonds is 7. The summed E-state index contributed by atoms with van der Waals surface area (Å²) in [6.07, 6.45) is 1.96. The zero-order chi connectivity index (χ0) is 19.1. The lowest BCUT2D eigenvalue weighted by atomic mass is 10.1. The van der Waals surface area contributed by atoms with Crippen LogP contribution in [0, 0.1) is 0 Å². The van der Waals surface area contributed by atoms with Crippen molar-refractivity contribution in [3.05, 3.63) is 58.6 Å². The Morgan fingerprint density at radius 1 is 1.15 bits per heavy atom. The van der Waals surface area contributed by atoms with E-state index in [4.69, 9.17) is 16.3 Å². The predicted octanol–water partition coefficient (Wildman–Crippen LogP) is 4.47. The molecule has 138 valence electrons. The fourth-order valence-corrected chi connectivity index (χ4v) is 2.72. The number of hydrogen-bond donors (Lipinski definition) is 1. The first-order valence-corrected chi connectivity index (χ1v) is 8.84. The summed E-state index contributed by atoms with van der Waals surface area (Å²) in [6.45, 7) is 2.77. The van der Waals surface area contributed by atoms with Crippen molar-refractivity contribution in [1.29, 1.82) is 0 Å². The van der Waals surface area contributed by atoms with Gasteiger partial charge < -0.3 is 15.0 Å². The summed E-state index contributed by atoms with van der Waals surface area (Å²) < 4.78 is 5.10. The zero-order valence-corrected chi connectivity index (χ0v) is 16.0. The van der Waals surface area contributed by atoms with Gasteiger partial charge in [-0.15, -0.1) is 0 Å². The summed E-state index contributed by atoms with van der Waals surface area (Å²) in [5.41, 5.74) is 1.45. The first kappa shape index (κ1) is 19.8. The summed E-state index contributed by atoms with van der Waals surface area (Å²) >= 11 is 6.08. The Hall–Kier alpha value is -2.53. The summed E-state index contributed by atoms with van der Waals surface area (Å²) in [7, 11) is 3.30. The summed E-state index contributed by atoms with van der Waals surface area (Å²) in [4.78, 5) is 26.6. The van der Waals surface area contributed by atoms with Gasteiger partial charge in [0.2, 0.25) is 0 Å². The number of nitrogens with zero attached hydrogens (tertiary/aromatic N) is 1. The lowest BCUT2D eigenvalue weighted by Crippen LogP contribution is -2.28. The van der Waals surface area contributed by atoms with E-state index in [0.29, 0.717) is 34.1 Å². The molecule has 0 saturated carbocycles. The van der Waals surface area contributed by atoms with Crippen LogP contribution in [0.2, 0.25) is 5.02 Å². The minimum absolute atomic E-state index is 0.0967. The normalized spacial score (nSPS) is 10.3. The standard InChI is InChI=1S/C20H23ClN2O3/c1-4-5-11-23(2)20(25)15-8-6-7-14(12-15)19(24)22-16-9-10-18(26-3)17(21)13-16/h6-10,12-13H,4-5,11H2,1-3H3,(H,22,24). The van der Waals surface area contributed by atoms with E-state index in [1.807, 2.05) is 0 Å². The monoisotopic (exact) mass is 374 g/mol. The molecule has 0 unspecified atom stereocenters. The second kappa shape index (κ2) is 9.25. The van der Waals surface area contributed by atoms with Gasteiger partial charge in [-0.05, 0) is 42.8 Å². The van der Waals surface area contributed by atoms with E-state index in [1.54, 1.807) is 54.4 Å². The van der Waals surface area contributed by atoms with Gasteiger partial charge in [0.05, 0.1) is 12.1 Å². The number of amides is 2. The van der Waals surface area contributed by atoms with E-state index in [-0.39, 0.29) is 11.8 Å². The number of anilines is 1. The fourth-order valence-electron chi connectivity index (χ4n) is 2.46. The average molecular weight is 375 g/mol. The number of carbonyl (C=O) groups excluding carboxylic acids is 2. The highest BCUT2D eigenvalue weighted by molar-refractivity contribution is 6.32. The minimum atomic E-state index is -0.308. The molecule has 2 aromatic carbocycles. The van der Waals surface area contributed by atoms with Crippen LogP contribution >= 0.6 is 11.6 Å². The van der Waals surface area contributed by atoms with Gasteiger partial charge in [0.25, 0.3) is 11.8 Å². The maximum atomic E-state index is 12.5. The van der Waals surface area contributed by atoms with Crippen LogP contribution in [-0.2, 0) is 0 Å². The molecule has 5 nitrogen and oxygen atoms in total. The van der Waals surface area contributed by atoms with Crippen molar-refractivity contribution in [1.82, 2.24) is 4.90 Å². The Kier molecular flexibility index (Phi) is 7.04. The van der Waals surface area contributed by atoms with E-state index in [1.165, 1.54) is 7.11 Å². The molecule has 26 heavy (non-hydrogen) atoms. The Balaban J connectivity index is 2.12. The van der Waals surface area contributed by atoms with Gasteiger partial charge >= 0.3 is 0 Å². The van der Waals surface area contributed by atoms with Crippen molar-refractivity contribution in [3.63, 3.8) is 0 Å². The second-order valence-corrected chi connectivity index (χ2v) is 6.37. The van der Waals surface area contributed by atoms with Crippen molar-refractivity contribution in [3.8, 4) is 5.75 Å². The zero-order valence-electron chi connectivity index (χ0n) is 15.2. The number of unbranched alkanes of at least 4 members (excludes halogenated alkanes) is 1. The van der Waals surface area contributed by atoms with Crippen molar-refractivity contribution >= 4 is 29.1 Å². The highest BCUT2D eigenvalue weighted by atomic mass is 35.5. The molecule has 0 fully saturated rings. The van der Waals surface area contributed by atoms with Gasteiger partial charge in [-0.2, -0.15) is 0 Å². The van der Waals surface area contributed by atoms with Crippen LogP contribution < -0.4 is 10.1 Å². The van der Waals surface area contributed by atoms with E-state index >= 15 is 0 Å². The van der Waals surface area contributed by atoms with E-state index in [2.05, 4.69) is 12.2 Å². The van der Waals surface area contributed by atoms with Crippen LogP contribution in [0.3, 0.4) is 0 Å². The Bertz CT molecular complexity index is 792. The van der Waals surface area contributed by atoms with Crippen LogP contribution in [0.1, 0.15) is 40.5 Å². The van der Waals surface area contributed by atoms with Gasteiger partial charge in [-0.3, -0.25) is 9.59 Å². The molecule has 0 aliphatic carbocycles. The van der Waals surface area contributed by atoms with Crippen LogP contribution in [0.5, 0.6) is 5.75 Å². The number of benzene rings is 2. The molecular weight excluding hydrogens is 352 g/mol. The SMILES string of the molecule is CCCCN(C)C(=O)c1cccc(C(=O)Nc2ccc(OC)c(Cl)c2)c1. The van der Waals surface area contributed by atoms with E-state index in [9.17, 15) is 9.59 Å². The first-order chi connectivity index (χ1) is 12.5. The molecule has 2 rings (SSSR count). The molecule has 0 bridgehead atoms. The second-order valence-electron chi connectivity index (χ2n) is 5.96. The maximum absolute atomic E-state index is 12.5. The number of halogens is 1. The number of carbonyl (C=O) groups is 2. The van der Waals surface area contributed by atoms with Crippen molar-refractivity contribution in [2.24, 2.45) is 0 Å². The molecule has 1 N–H and O–H groups in total. The largest absolute Gasteiger partial charge is 0.495 e. The first-order valence-electron chi connectivity index (χ1n) is 8.46. The van der Waals surface area contributed by atoms with Gasteiger partial charge in [0, 0.05) is 30.4 Å². The lowest BCUT2D eigenvalue weighted by Gasteiger charge is -2.17. The molecule has 0 heterocycles. The highest BCUT2D eigenvalue weighted by Gasteiger charge is 2.14. The molecule has 2 aromatic rings. The molecule has 0 aliphatic heterocycles. The number of nitrogens with one attached hydrogen (secondary N) is 1. The molecule has 0 aliphatic rings. The summed E-state index contributed by atoms with van der Waals surface area (Å²) in [6, 6.07) is 11.7. The van der Waals surface area contributed by atoms with Crippen LogP contribution in [0.25, 0.3) is 0 Å². The maximum Gasteiger partial charge on any atom is 0.255 e. The molecule has 0 atom stereocenters. The summed E-state index contributed by atoms with van der Waals surface area (Å²) in [5, 5.41) is 3.19. The smallest absolute Gasteiger partial charge is 0.255 e. The quantitative estimate of drug-likeness (QED) is 0.777. The fraction of sp³-hybridized carbons (Fsp3) is 0.300. The molecule has 0 saturated heterocycles. The third-order valence-corrected chi connectivity index (χ3v) is 4.27. The highest BCUT2D eigenvalue weighted by Crippen LogP contribution is 2.27. The molecular formula is C20H23ClN2O3. The Labute approximate surface area is 158 Å². The van der Waals surface area contributed by atoms with Gasteiger partial charge in [0.15, 0.2) is 0 Å². The predicted molar refractivity (Wildman–Crippen MR) is 104 cm³/mol. The third kappa shape index (κ3) is 4.99. The van der Waals surface area contributed by atoms with Crippen LogP contribution in [0.4, 0.5) is 5.69 Å². The molecule has 0 radical (unpaired) electrons. The Morgan fingerprint density at radius 3 is 2.54 bits per heavy atom. The average Bonchev–Trinajstić information content (AvgIpc) is 2.65. The molecule has 2 amide bonds. The van der Waals surface area contributed by atoms with E-state index < -0.39 is 0 Å². The summed E-state index contributed by atoms with van der Waals surface area (Å²) in [5.74, 6) is 0.130. The van der Waals surface area contributed by atoms with Gasteiger partial charge in [-0.25, -0.2) is 0 Å². The van der Waals surface area contributed by atoms with Crippen molar-refractivity contribution in [2.45, 2.75) is 19.8 Å². The van der Waals surface area contributed by atoms with Crippen molar-refractivity contribution in [2.75, 3.05) is 26.0 Å².